The number of amides is 1. The summed E-state index contributed by atoms with van der Waals surface area (Å²) in [6.45, 7) is 0.154. The van der Waals surface area contributed by atoms with Crippen LogP contribution in [0.15, 0.2) is 41.6 Å². The molecule has 1 amide bonds. The van der Waals surface area contributed by atoms with E-state index in [2.05, 4.69) is 10.5 Å². The highest BCUT2D eigenvalue weighted by atomic mass is 35.5. The summed E-state index contributed by atoms with van der Waals surface area (Å²) in [6.07, 6.45) is 1.10. The van der Waals surface area contributed by atoms with Gasteiger partial charge in [-0.3, -0.25) is 4.79 Å². The van der Waals surface area contributed by atoms with Gasteiger partial charge in [-0.1, -0.05) is 34.4 Å². The number of carbonyl (C=O) groups is 1. The molecule has 2 rings (SSSR count). The van der Waals surface area contributed by atoms with Crippen LogP contribution >= 0.6 is 23.2 Å². The van der Waals surface area contributed by atoms with E-state index in [1.165, 1.54) is 6.21 Å². The monoisotopic (exact) mass is 372 g/mol. The summed E-state index contributed by atoms with van der Waals surface area (Å²) in [7, 11) is 0. The number of hydrogen-bond donors (Lipinski definition) is 1. The Kier molecular flexibility index (Phi) is 6.52. The van der Waals surface area contributed by atoms with Crippen LogP contribution in [0.1, 0.15) is 12.0 Å². The molecular formula is C16H12Cl2F2N2O2. The summed E-state index contributed by atoms with van der Waals surface area (Å²) >= 11 is 11.7. The Balaban J connectivity index is 1.77. The zero-order valence-electron chi connectivity index (χ0n) is 12.2. The van der Waals surface area contributed by atoms with Crippen molar-refractivity contribution in [2.45, 2.75) is 13.0 Å². The lowest BCUT2D eigenvalue weighted by molar-refractivity contribution is -0.115. The summed E-state index contributed by atoms with van der Waals surface area (Å²) in [5.41, 5.74) is 0.658. The van der Waals surface area contributed by atoms with Gasteiger partial charge in [0, 0.05) is 6.07 Å². The normalized spacial score (nSPS) is 10.8. The van der Waals surface area contributed by atoms with Gasteiger partial charge in [0.05, 0.1) is 28.4 Å². The van der Waals surface area contributed by atoms with Crippen molar-refractivity contribution in [2.75, 3.05) is 5.32 Å². The third-order valence-corrected chi connectivity index (χ3v) is 3.59. The van der Waals surface area contributed by atoms with E-state index >= 15 is 0 Å². The Hall–Kier alpha value is -2.18. The van der Waals surface area contributed by atoms with Crippen LogP contribution in [0.25, 0.3) is 0 Å². The number of halogens is 4. The van der Waals surface area contributed by atoms with Gasteiger partial charge in [0.2, 0.25) is 5.91 Å². The quantitative estimate of drug-likeness (QED) is 0.584. The van der Waals surface area contributed by atoms with Crippen molar-refractivity contribution in [3.63, 3.8) is 0 Å². The molecule has 2 aromatic rings. The molecule has 0 heterocycles. The highest BCUT2D eigenvalue weighted by Gasteiger charge is 2.07. The lowest BCUT2D eigenvalue weighted by Gasteiger charge is -2.04. The maximum Gasteiger partial charge on any atom is 0.229 e. The number of nitrogens with zero attached hydrogens (tertiary/aromatic N) is 1. The van der Waals surface area contributed by atoms with Gasteiger partial charge in [0.25, 0.3) is 0 Å². The molecule has 0 fully saturated rings. The molecule has 24 heavy (non-hydrogen) atoms. The largest absolute Gasteiger partial charge is 0.391 e. The summed E-state index contributed by atoms with van der Waals surface area (Å²) in [4.78, 5) is 16.6. The Morgan fingerprint density at radius 3 is 2.67 bits per heavy atom. The minimum Gasteiger partial charge on any atom is -0.391 e. The molecule has 0 saturated heterocycles. The molecule has 0 aliphatic heterocycles. The zero-order valence-corrected chi connectivity index (χ0v) is 13.7. The lowest BCUT2D eigenvalue weighted by atomic mass is 10.2. The molecule has 0 spiro atoms. The Labute approximate surface area is 147 Å². The average Bonchev–Trinajstić information content (AvgIpc) is 2.53. The minimum atomic E-state index is -0.851. The molecule has 126 valence electrons. The maximum atomic E-state index is 13.4. The number of rotatable bonds is 6. The van der Waals surface area contributed by atoms with Gasteiger partial charge in [-0.25, -0.2) is 8.78 Å². The van der Waals surface area contributed by atoms with E-state index in [4.69, 9.17) is 28.0 Å². The van der Waals surface area contributed by atoms with Crippen LogP contribution in [0.5, 0.6) is 0 Å². The van der Waals surface area contributed by atoms with Crippen LogP contribution in [0.3, 0.4) is 0 Å². The first-order valence-electron chi connectivity index (χ1n) is 6.78. The van der Waals surface area contributed by atoms with Crippen LogP contribution in [0, 0.1) is 11.6 Å². The van der Waals surface area contributed by atoms with Crippen LogP contribution in [0.2, 0.25) is 10.0 Å². The smallest absolute Gasteiger partial charge is 0.229 e. The van der Waals surface area contributed by atoms with Crippen molar-refractivity contribution in [3.05, 3.63) is 63.6 Å². The van der Waals surface area contributed by atoms with E-state index in [1.54, 1.807) is 18.2 Å². The third kappa shape index (κ3) is 5.47. The van der Waals surface area contributed by atoms with E-state index in [1.807, 2.05) is 0 Å². The fraction of sp³-hybridized carbons (Fsp3) is 0.125. The summed E-state index contributed by atoms with van der Waals surface area (Å²) in [5.74, 6) is -2.08. The first-order chi connectivity index (χ1) is 11.5. The second-order valence-electron chi connectivity index (χ2n) is 4.69. The number of nitrogens with one attached hydrogen (secondary N) is 1. The van der Waals surface area contributed by atoms with Crippen molar-refractivity contribution in [1.82, 2.24) is 0 Å². The Morgan fingerprint density at radius 2 is 1.96 bits per heavy atom. The summed E-state index contributed by atoms with van der Waals surface area (Å²) in [6, 6.07) is 7.88. The van der Waals surface area contributed by atoms with Gasteiger partial charge in [-0.2, -0.15) is 0 Å². The molecule has 4 nitrogen and oxygen atoms in total. The van der Waals surface area contributed by atoms with Gasteiger partial charge in [-0.05, 0) is 29.8 Å². The minimum absolute atomic E-state index is 0.105. The standard InChI is InChI=1S/C16H12Cl2F2N2O2/c17-12-3-1-10(7-13(12)18)9-24-21-6-5-16(23)22-15-4-2-11(19)8-14(15)20/h1-4,6-8H,5,9H2,(H,22,23)/b21-6+. The maximum absolute atomic E-state index is 13.4. The molecule has 0 aliphatic carbocycles. The SMILES string of the molecule is O=C(C/C=N/OCc1ccc(Cl)c(Cl)c1)Nc1ccc(F)cc1F. The summed E-state index contributed by atoms with van der Waals surface area (Å²) in [5, 5.41) is 6.77. The molecule has 0 aliphatic rings. The second-order valence-corrected chi connectivity index (χ2v) is 5.50. The highest BCUT2D eigenvalue weighted by Crippen LogP contribution is 2.22. The van der Waals surface area contributed by atoms with E-state index < -0.39 is 17.5 Å². The van der Waals surface area contributed by atoms with Gasteiger partial charge in [0.1, 0.15) is 18.2 Å². The van der Waals surface area contributed by atoms with Crippen molar-refractivity contribution >= 4 is 41.0 Å². The predicted octanol–water partition coefficient (Wildman–Crippen LogP) is 4.80. The van der Waals surface area contributed by atoms with E-state index in [-0.39, 0.29) is 18.7 Å². The van der Waals surface area contributed by atoms with Crippen LogP contribution in [0.4, 0.5) is 14.5 Å². The predicted molar refractivity (Wildman–Crippen MR) is 89.3 cm³/mol. The number of anilines is 1. The van der Waals surface area contributed by atoms with Crippen molar-refractivity contribution in [1.29, 1.82) is 0 Å². The van der Waals surface area contributed by atoms with Crippen LogP contribution < -0.4 is 5.32 Å². The molecule has 0 radical (unpaired) electrons. The van der Waals surface area contributed by atoms with E-state index in [0.29, 0.717) is 16.1 Å². The fourth-order valence-electron chi connectivity index (χ4n) is 1.71. The first kappa shape index (κ1) is 18.2. The average molecular weight is 373 g/mol. The molecule has 0 aromatic heterocycles. The van der Waals surface area contributed by atoms with Gasteiger partial charge in [0.15, 0.2) is 0 Å². The van der Waals surface area contributed by atoms with Gasteiger partial charge in [-0.15, -0.1) is 0 Å². The molecule has 1 N–H and O–H groups in total. The molecular weight excluding hydrogens is 361 g/mol. The number of oxime groups is 1. The zero-order chi connectivity index (χ0) is 17.5. The molecule has 8 heteroatoms. The molecule has 0 bridgehead atoms. The molecule has 0 unspecified atom stereocenters. The highest BCUT2D eigenvalue weighted by molar-refractivity contribution is 6.42. The number of hydrogen-bond acceptors (Lipinski definition) is 3. The van der Waals surface area contributed by atoms with Crippen molar-refractivity contribution in [2.24, 2.45) is 5.16 Å². The van der Waals surface area contributed by atoms with Crippen molar-refractivity contribution in [3.8, 4) is 0 Å². The van der Waals surface area contributed by atoms with Crippen LogP contribution in [-0.4, -0.2) is 12.1 Å². The molecule has 2 aromatic carbocycles. The van der Waals surface area contributed by atoms with Crippen molar-refractivity contribution < 1.29 is 18.4 Å². The lowest BCUT2D eigenvalue weighted by Crippen LogP contribution is -2.13. The van der Waals surface area contributed by atoms with Crippen LogP contribution in [-0.2, 0) is 16.2 Å². The third-order valence-electron chi connectivity index (χ3n) is 2.85. The van der Waals surface area contributed by atoms with E-state index in [9.17, 15) is 13.6 Å². The second kappa shape index (κ2) is 8.61. The number of benzene rings is 2. The number of carbonyl (C=O) groups excluding carboxylic acids is 1. The fourth-order valence-corrected chi connectivity index (χ4v) is 2.03. The Morgan fingerprint density at radius 1 is 1.17 bits per heavy atom. The molecule has 0 atom stereocenters. The van der Waals surface area contributed by atoms with Gasteiger partial charge >= 0.3 is 0 Å². The summed E-state index contributed by atoms with van der Waals surface area (Å²) < 4.78 is 26.1. The topological polar surface area (TPSA) is 50.7 Å². The van der Waals surface area contributed by atoms with Gasteiger partial charge < -0.3 is 10.2 Å². The van der Waals surface area contributed by atoms with E-state index in [0.717, 1.165) is 17.7 Å². The first-order valence-corrected chi connectivity index (χ1v) is 7.54. The Bertz CT molecular complexity index is 770. The molecule has 0 saturated carbocycles.